The minimum absolute atomic E-state index is 0.0405. The smallest absolute Gasteiger partial charge is 0.0759 e. The van der Waals surface area contributed by atoms with Gasteiger partial charge in [0.15, 0.2) is 0 Å². The van der Waals surface area contributed by atoms with Gasteiger partial charge in [-0.15, -0.1) is 0 Å². The molecule has 24 heavy (non-hydrogen) atoms. The van der Waals surface area contributed by atoms with Gasteiger partial charge in [0, 0.05) is 44.1 Å². The van der Waals surface area contributed by atoms with Crippen LogP contribution in [-0.4, -0.2) is 0 Å². The largest absolute Gasteiger partial charge is 0.402 e. The van der Waals surface area contributed by atoms with E-state index in [9.17, 15) is 0 Å². The normalized spacial score (nSPS) is 40.0. The molecule has 0 heterocycles. The fourth-order valence-corrected chi connectivity index (χ4v) is 5.72. The summed E-state index contributed by atoms with van der Waals surface area (Å²) in [7, 11) is 0. The summed E-state index contributed by atoms with van der Waals surface area (Å²) < 4.78 is 1.04. The number of halogens is 1. The standard InChI is InChI=1S/C17H27IN6/c1-5-8(19)4-7-9-10(14(22)16(24)15(23)13(9)21)17(7,3)6(2)12(20)11(5)18/h6-7,9-10H,4,19-24H2,1-3H3/t6-,7?,9-,10+,17?/m0/s1. The highest BCUT2D eigenvalue weighted by Crippen LogP contribution is 2.68. The first kappa shape index (κ1) is 17.3. The number of allylic oxidation sites excluding steroid dienone is 6. The first-order valence-corrected chi connectivity index (χ1v) is 9.24. The molecule has 3 aliphatic rings. The van der Waals surface area contributed by atoms with Gasteiger partial charge in [-0.05, 0) is 52.8 Å². The van der Waals surface area contributed by atoms with Gasteiger partial charge in [0.25, 0.3) is 0 Å². The molecule has 0 aromatic heterocycles. The van der Waals surface area contributed by atoms with Gasteiger partial charge in [0.05, 0.1) is 11.4 Å². The first-order chi connectivity index (χ1) is 11.0. The molecule has 0 radical (unpaired) electrons. The van der Waals surface area contributed by atoms with E-state index in [0.717, 1.165) is 27.0 Å². The molecule has 7 heteroatoms. The van der Waals surface area contributed by atoms with Crippen molar-refractivity contribution in [3.8, 4) is 0 Å². The second-order valence-corrected chi connectivity index (χ2v) is 8.64. The van der Waals surface area contributed by atoms with Crippen molar-refractivity contribution in [3.63, 3.8) is 0 Å². The summed E-state index contributed by atoms with van der Waals surface area (Å²) in [5, 5.41) is 0. The molecule has 0 aromatic carbocycles. The molecule has 0 aliphatic heterocycles. The molecule has 0 aromatic rings. The summed E-state index contributed by atoms with van der Waals surface area (Å²) in [6, 6.07) is 0. The Morgan fingerprint density at radius 2 is 1.50 bits per heavy atom. The molecule has 5 atom stereocenters. The van der Waals surface area contributed by atoms with Crippen LogP contribution in [0.15, 0.2) is 43.3 Å². The summed E-state index contributed by atoms with van der Waals surface area (Å²) in [4.78, 5) is 0. The second-order valence-electron chi connectivity index (χ2n) is 7.56. The molecule has 132 valence electrons. The zero-order valence-corrected chi connectivity index (χ0v) is 16.5. The molecule has 0 bridgehead atoms. The van der Waals surface area contributed by atoms with Crippen LogP contribution in [0.25, 0.3) is 0 Å². The van der Waals surface area contributed by atoms with E-state index in [2.05, 4.69) is 36.4 Å². The Bertz CT molecular complexity index is 746. The van der Waals surface area contributed by atoms with E-state index in [1.807, 2.05) is 6.92 Å². The molecule has 1 saturated carbocycles. The Labute approximate surface area is 156 Å². The Morgan fingerprint density at radius 1 is 0.958 bits per heavy atom. The van der Waals surface area contributed by atoms with Gasteiger partial charge < -0.3 is 34.4 Å². The number of hydrogen-bond acceptors (Lipinski definition) is 6. The van der Waals surface area contributed by atoms with Gasteiger partial charge in [0.1, 0.15) is 0 Å². The summed E-state index contributed by atoms with van der Waals surface area (Å²) >= 11 is 2.29. The monoisotopic (exact) mass is 442 g/mol. The lowest BCUT2D eigenvalue weighted by molar-refractivity contribution is -0.106. The van der Waals surface area contributed by atoms with E-state index in [-0.39, 0.29) is 29.1 Å². The Kier molecular flexibility index (Phi) is 3.78. The lowest BCUT2D eigenvalue weighted by atomic mass is 9.39. The molecule has 6 nitrogen and oxygen atoms in total. The summed E-state index contributed by atoms with van der Waals surface area (Å²) in [5.41, 5.74) is 42.6. The maximum atomic E-state index is 6.51. The van der Waals surface area contributed by atoms with Gasteiger partial charge in [-0.1, -0.05) is 13.8 Å². The van der Waals surface area contributed by atoms with Crippen molar-refractivity contribution in [2.75, 3.05) is 0 Å². The van der Waals surface area contributed by atoms with Crippen LogP contribution in [0, 0.1) is 29.1 Å². The average molecular weight is 442 g/mol. The zero-order valence-electron chi connectivity index (χ0n) is 14.4. The minimum atomic E-state index is -0.156. The van der Waals surface area contributed by atoms with E-state index < -0.39 is 0 Å². The molecule has 2 unspecified atom stereocenters. The third kappa shape index (κ3) is 1.87. The fraction of sp³-hybridized carbons (Fsp3) is 0.529. The number of hydrogen-bond donors (Lipinski definition) is 6. The quantitative estimate of drug-likeness (QED) is 0.308. The highest BCUT2D eigenvalue weighted by molar-refractivity contribution is 14.1. The minimum Gasteiger partial charge on any atom is -0.402 e. The molecule has 3 aliphatic carbocycles. The predicted octanol–water partition coefficient (Wildman–Crippen LogP) is 1.00. The van der Waals surface area contributed by atoms with Gasteiger partial charge in [-0.2, -0.15) is 0 Å². The maximum absolute atomic E-state index is 6.51. The van der Waals surface area contributed by atoms with Crippen molar-refractivity contribution in [2.24, 2.45) is 63.5 Å². The number of nitrogens with two attached hydrogens (primary N) is 6. The van der Waals surface area contributed by atoms with Crippen molar-refractivity contribution in [3.05, 3.63) is 43.3 Å². The third-order valence-electron chi connectivity index (χ3n) is 6.77. The number of rotatable bonds is 0. The highest BCUT2D eigenvalue weighted by Gasteiger charge is 2.65. The Morgan fingerprint density at radius 3 is 2.08 bits per heavy atom. The van der Waals surface area contributed by atoms with E-state index in [1.54, 1.807) is 0 Å². The van der Waals surface area contributed by atoms with Crippen LogP contribution in [0.2, 0.25) is 0 Å². The Balaban J connectivity index is 2.19. The van der Waals surface area contributed by atoms with E-state index >= 15 is 0 Å². The van der Waals surface area contributed by atoms with Gasteiger partial charge in [0.2, 0.25) is 0 Å². The molecule has 3 rings (SSSR count). The Hall–Kier alpha value is -1.51. The molecule has 1 fully saturated rings. The fourth-order valence-electron chi connectivity index (χ4n) is 4.91. The van der Waals surface area contributed by atoms with Crippen LogP contribution in [0.5, 0.6) is 0 Å². The van der Waals surface area contributed by atoms with Gasteiger partial charge in [-0.25, -0.2) is 0 Å². The molecule has 0 amide bonds. The van der Waals surface area contributed by atoms with Gasteiger partial charge >= 0.3 is 0 Å². The molecular formula is C17H27IN6. The van der Waals surface area contributed by atoms with E-state index in [4.69, 9.17) is 34.4 Å². The van der Waals surface area contributed by atoms with Crippen LogP contribution >= 0.6 is 22.6 Å². The molecular weight excluding hydrogens is 415 g/mol. The molecule has 0 saturated heterocycles. The van der Waals surface area contributed by atoms with Crippen molar-refractivity contribution in [2.45, 2.75) is 27.2 Å². The summed E-state index contributed by atoms with van der Waals surface area (Å²) in [6.07, 6.45) is 0.759. The number of fused-ring (bicyclic) bond motifs is 4. The van der Waals surface area contributed by atoms with Crippen molar-refractivity contribution in [1.29, 1.82) is 0 Å². The average Bonchev–Trinajstić information content (AvgIpc) is 2.56. The van der Waals surface area contributed by atoms with Crippen LogP contribution in [0.1, 0.15) is 27.2 Å². The lowest BCUT2D eigenvalue weighted by Crippen LogP contribution is -2.64. The zero-order chi connectivity index (χ0) is 18.1. The van der Waals surface area contributed by atoms with Crippen LogP contribution in [-0.2, 0) is 0 Å². The second kappa shape index (κ2) is 5.24. The van der Waals surface area contributed by atoms with Crippen molar-refractivity contribution >= 4 is 22.6 Å². The predicted molar refractivity (Wildman–Crippen MR) is 105 cm³/mol. The summed E-state index contributed by atoms with van der Waals surface area (Å²) in [5.74, 6) is 0.483. The molecule has 12 N–H and O–H groups in total. The highest BCUT2D eigenvalue weighted by atomic mass is 127. The third-order valence-corrected chi connectivity index (χ3v) is 8.20. The topological polar surface area (TPSA) is 156 Å². The van der Waals surface area contributed by atoms with E-state index in [1.165, 1.54) is 0 Å². The van der Waals surface area contributed by atoms with Crippen molar-refractivity contribution < 1.29 is 0 Å². The molecule has 0 spiro atoms. The summed E-state index contributed by atoms with van der Waals surface area (Å²) in [6.45, 7) is 6.41. The maximum Gasteiger partial charge on any atom is 0.0759 e. The van der Waals surface area contributed by atoms with Crippen LogP contribution in [0.4, 0.5) is 0 Å². The van der Waals surface area contributed by atoms with E-state index in [0.29, 0.717) is 22.8 Å². The SMILES string of the molecule is CC1=C(N)CC2[C@@H]3C(N)=C(N)C(N)=C(N)[C@@H]3C2(C)[C@@H](C)C(N)=C1I. The van der Waals surface area contributed by atoms with Crippen LogP contribution < -0.4 is 34.4 Å². The van der Waals surface area contributed by atoms with Crippen LogP contribution in [0.3, 0.4) is 0 Å². The first-order valence-electron chi connectivity index (χ1n) is 8.16. The van der Waals surface area contributed by atoms with Gasteiger partial charge in [-0.3, -0.25) is 0 Å². The van der Waals surface area contributed by atoms with Crippen molar-refractivity contribution in [1.82, 2.24) is 0 Å². The lowest BCUT2D eigenvalue weighted by Gasteiger charge is -2.65.